The van der Waals surface area contributed by atoms with E-state index < -0.39 is 59.0 Å². The summed E-state index contributed by atoms with van der Waals surface area (Å²) < 4.78 is 40.3. The maximum Gasteiger partial charge on any atom is 0.393 e. The minimum Gasteiger partial charge on any atom is -0.477 e. The van der Waals surface area contributed by atoms with E-state index in [1.807, 2.05) is 42.5 Å². The van der Waals surface area contributed by atoms with E-state index in [4.69, 9.17) is 0 Å². The summed E-state index contributed by atoms with van der Waals surface area (Å²) in [5, 5.41) is 16.3. The number of nitrogens with zero attached hydrogens (tertiary/aromatic N) is 1. The number of hydrogen-bond acceptors (Lipinski definition) is 6. The minimum absolute atomic E-state index is 0.0172. The van der Waals surface area contributed by atoms with E-state index in [1.165, 1.54) is 11.8 Å². The molecule has 0 aliphatic carbocycles. The third-order valence-electron chi connectivity index (χ3n) is 6.62. The summed E-state index contributed by atoms with van der Waals surface area (Å²) in [6.07, 6.45) is -6.15. The maximum atomic E-state index is 13.4. The number of fused-ring (bicyclic) bond motifs is 2. The molecule has 0 bridgehead atoms. The van der Waals surface area contributed by atoms with Crippen LogP contribution in [0.2, 0.25) is 0 Å². The number of β-lactam (4-membered cyclic amide) rings is 1. The van der Waals surface area contributed by atoms with Crippen LogP contribution < -0.4 is 10.6 Å². The van der Waals surface area contributed by atoms with Crippen molar-refractivity contribution in [2.75, 3.05) is 18.1 Å². The molecule has 2 aromatic carbocycles. The lowest BCUT2D eigenvalue weighted by molar-refractivity contribution is -0.150. The van der Waals surface area contributed by atoms with E-state index in [9.17, 15) is 37.5 Å². The average molecular weight is 578 g/mol. The van der Waals surface area contributed by atoms with Crippen LogP contribution in [0.3, 0.4) is 0 Å². The van der Waals surface area contributed by atoms with Crippen LogP contribution in [0, 0.1) is 0 Å². The molecule has 3 amide bonds. The number of carbonyl (C=O) groups is 4. The van der Waals surface area contributed by atoms with E-state index in [1.54, 1.807) is 0 Å². The van der Waals surface area contributed by atoms with E-state index >= 15 is 0 Å². The van der Waals surface area contributed by atoms with Crippen LogP contribution in [0.4, 0.5) is 13.2 Å². The molecule has 13 heteroatoms. The number of hydrogen-bond donors (Lipinski definition) is 3. The van der Waals surface area contributed by atoms with Gasteiger partial charge in [0.1, 0.15) is 17.1 Å². The molecule has 3 N–H and O–H groups in total. The normalized spacial score (nSPS) is 22.4. The summed E-state index contributed by atoms with van der Waals surface area (Å²) in [6.45, 7) is 0.148. The van der Waals surface area contributed by atoms with Gasteiger partial charge in [-0.3, -0.25) is 19.3 Å². The van der Waals surface area contributed by atoms with Crippen molar-refractivity contribution in [1.82, 2.24) is 15.5 Å². The van der Waals surface area contributed by atoms with Crippen LogP contribution >= 0.6 is 23.5 Å². The molecular weight excluding hydrogens is 555 g/mol. The van der Waals surface area contributed by atoms with Crippen molar-refractivity contribution in [2.45, 2.75) is 35.3 Å². The largest absolute Gasteiger partial charge is 0.477 e. The molecule has 2 fully saturated rings. The Morgan fingerprint density at radius 2 is 1.90 bits per heavy atom. The van der Waals surface area contributed by atoms with Crippen LogP contribution in [0.25, 0.3) is 10.8 Å². The number of thioether (sulfide) groups is 2. The van der Waals surface area contributed by atoms with Gasteiger partial charge in [-0.25, -0.2) is 4.79 Å². The zero-order chi connectivity index (χ0) is 27.9. The smallest absolute Gasteiger partial charge is 0.393 e. The summed E-state index contributed by atoms with van der Waals surface area (Å²) in [5.41, 5.74) is -1.30. The fourth-order valence-corrected chi connectivity index (χ4v) is 7.02. The van der Waals surface area contributed by atoms with Crippen molar-refractivity contribution in [3.8, 4) is 0 Å². The summed E-state index contributed by atoms with van der Waals surface area (Å²) in [4.78, 5) is 51.8. The molecule has 2 atom stereocenters. The van der Waals surface area contributed by atoms with E-state index in [2.05, 4.69) is 10.6 Å². The minimum atomic E-state index is -4.69. The number of nitrogens with one attached hydrogen (secondary N) is 2. The number of halogens is 3. The number of carboxylic acid groups (broad SMARTS) is 1. The maximum absolute atomic E-state index is 13.4. The Kier molecular flexibility index (Phi) is 7.38. The second-order valence-electron chi connectivity index (χ2n) is 9.14. The highest BCUT2D eigenvalue weighted by atomic mass is 32.2. The molecule has 8 nitrogen and oxygen atoms in total. The average Bonchev–Trinajstić information content (AvgIpc) is 3.33. The summed E-state index contributed by atoms with van der Waals surface area (Å²) in [7, 11) is 0. The van der Waals surface area contributed by atoms with Crippen LogP contribution in [0.5, 0.6) is 0 Å². The topological polar surface area (TPSA) is 116 Å². The van der Waals surface area contributed by atoms with Crippen molar-refractivity contribution in [1.29, 1.82) is 0 Å². The zero-order valence-electron chi connectivity index (χ0n) is 20.2. The third kappa shape index (κ3) is 5.50. The van der Waals surface area contributed by atoms with Crippen molar-refractivity contribution >= 4 is 58.0 Å². The number of rotatable bonds is 7. The first kappa shape index (κ1) is 27.1. The molecule has 204 valence electrons. The highest BCUT2D eigenvalue weighted by Crippen LogP contribution is 2.45. The lowest BCUT2D eigenvalue weighted by Crippen LogP contribution is -2.70. The number of carbonyl (C=O) groups excluding carboxylic acids is 3. The molecule has 3 aliphatic rings. The monoisotopic (exact) mass is 577 g/mol. The Hall–Kier alpha value is -3.45. The van der Waals surface area contributed by atoms with E-state index in [0.29, 0.717) is 0 Å². The van der Waals surface area contributed by atoms with Gasteiger partial charge in [-0.05, 0) is 40.5 Å². The zero-order valence-corrected chi connectivity index (χ0v) is 21.8. The van der Waals surface area contributed by atoms with Crippen molar-refractivity contribution < 1.29 is 37.5 Å². The number of aliphatic carboxylic acids is 1. The van der Waals surface area contributed by atoms with E-state index in [0.717, 1.165) is 32.3 Å². The summed E-state index contributed by atoms with van der Waals surface area (Å²) in [6, 6.07) is 12.5. The highest BCUT2D eigenvalue weighted by Gasteiger charge is 2.55. The molecule has 0 saturated carbocycles. The van der Waals surface area contributed by atoms with E-state index in [-0.39, 0.29) is 35.6 Å². The molecule has 0 radical (unpaired) electrons. The fourth-order valence-electron chi connectivity index (χ4n) is 4.88. The van der Waals surface area contributed by atoms with Crippen LogP contribution in [-0.2, 0) is 19.2 Å². The van der Waals surface area contributed by atoms with Gasteiger partial charge in [0, 0.05) is 22.8 Å². The molecule has 2 saturated heterocycles. The Balaban J connectivity index is 1.32. The number of alkyl halides is 3. The standard InChI is InChI=1S/C26H22F3N3O5S2/c27-26(28,29)10-17(16-7-8-30-22(16)34)18-11-39-24-20(23(35)32(24)21(18)25(36)37)31-19(33)12-38-15-6-5-13-3-1-2-4-14(13)9-15/h1-6,9,20,24H,7-8,10-12H2,(H,30,34)(H,31,33)(H,36,37)/t20-,24-/m1/s1. The van der Waals surface area contributed by atoms with Crippen molar-refractivity contribution in [3.05, 3.63) is 64.9 Å². The van der Waals surface area contributed by atoms with Crippen LogP contribution in [0.15, 0.2) is 69.8 Å². The molecule has 0 spiro atoms. The third-order valence-corrected chi connectivity index (χ3v) is 8.89. The second-order valence-corrected chi connectivity index (χ2v) is 11.3. The Labute approximate surface area is 229 Å². The lowest BCUT2D eigenvalue weighted by atomic mass is 9.92. The van der Waals surface area contributed by atoms with Crippen LogP contribution in [-0.4, -0.2) is 69.3 Å². The first-order valence-electron chi connectivity index (χ1n) is 11.9. The Morgan fingerprint density at radius 3 is 2.56 bits per heavy atom. The van der Waals surface area contributed by atoms with Gasteiger partial charge < -0.3 is 15.7 Å². The van der Waals surface area contributed by atoms with Gasteiger partial charge in [0.05, 0.1) is 12.2 Å². The molecule has 0 aromatic heterocycles. The predicted octanol–water partition coefficient (Wildman–Crippen LogP) is 3.44. The van der Waals surface area contributed by atoms with Crippen molar-refractivity contribution in [2.24, 2.45) is 0 Å². The van der Waals surface area contributed by atoms with Gasteiger partial charge in [-0.15, -0.1) is 23.5 Å². The van der Waals surface area contributed by atoms with Gasteiger partial charge in [0.15, 0.2) is 0 Å². The number of allylic oxidation sites excluding steroid dienone is 1. The summed E-state index contributed by atoms with van der Waals surface area (Å²) >= 11 is 2.34. The van der Waals surface area contributed by atoms with Gasteiger partial charge >= 0.3 is 12.1 Å². The number of carboxylic acids is 1. The summed E-state index contributed by atoms with van der Waals surface area (Å²) in [5.74, 6) is -3.54. The molecule has 2 aromatic rings. The molecule has 5 rings (SSSR count). The fraction of sp³-hybridized carbons (Fsp3) is 0.308. The highest BCUT2D eigenvalue weighted by molar-refractivity contribution is 8.00. The number of benzene rings is 2. The predicted molar refractivity (Wildman–Crippen MR) is 140 cm³/mol. The molecule has 39 heavy (non-hydrogen) atoms. The first-order chi connectivity index (χ1) is 18.5. The SMILES string of the molecule is O=C(CSc1ccc2ccccc2c1)N[C@@H]1C(=O)N2C(C(=O)O)=C(C(CC(F)(F)F)=C3CCNC3=O)CS[C@H]12. The lowest BCUT2D eigenvalue weighted by Gasteiger charge is -2.49. The number of amides is 3. The van der Waals surface area contributed by atoms with Gasteiger partial charge in [-0.1, -0.05) is 30.3 Å². The quantitative estimate of drug-likeness (QED) is 0.262. The van der Waals surface area contributed by atoms with Gasteiger partial charge in [0.25, 0.3) is 5.91 Å². The van der Waals surface area contributed by atoms with Crippen LogP contribution in [0.1, 0.15) is 12.8 Å². The van der Waals surface area contributed by atoms with Crippen molar-refractivity contribution in [3.63, 3.8) is 0 Å². The second kappa shape index (κ2) is 10.6. The molecule has 3 heterocycles. The molecule has 3 aliphatic heterocycles. The molecule has 0 unspecified atom stereocenters. The Bertz CT molecular complexity index is 1460. The van der Waals surface area contributed by atoms with Gasteiger partial charge in [0.2, 0.25) is 11.8 Å². The van der Waals surface area contributed by atoms with Gasteiger partial charge in [-0.2, -0.15) is 13.2 Å². The first-order valence-corrected chi connectivity index (χ1v) is 14.0. The Morgan fingerprint density at radius 1 is 1.15 bits per heavy atom. The molecular formula is C26H22F3N3O5S2.